The van der Waals surface area contributed by atoms with Crippen molar-refractivity contribution in [3.05, 3.63) is 0 Å². The molecule has 0 spiro atoms. The molecule has 2 atom stereocenters. The van der Waals surface area contributed by atoms with Gasteiger partial charge in [-0.25, -0.2) is 0 Å². The van der Waals surface area contributed by atoms with Crippen LogP contribution in [0, 0.1) is 5.92 Å². The minimum absolute atomic E-state index is 0.681. The molecule has 0 aromatic heterocycles. The summed E-state index contributed by atoms with van der Waals surface area (Å²) in [5.41, 5.74) is -0.785. The van der Waals surface area contributed by atoms with Gasteiger partial charge in [-0.1, -0.05) is 13.8 Å². The molecular formula is C14H28N2O2. The van der Waals surface area contributed by atoms with Crippen LogP contribution in [0.25, 0.3) is 0 Å². The van der Waals surface area contributed by atoms with E-state index < -0.39 is 11.5 Å². The maximum Gasteiger partial charge on any atom is 0.323 e. The number of aliphatic carboxylic acids is 1. The molecule has 2 unspecified atom stereocenters. The molecule has 4 heteroatoms. The highest BCUT2D eigenvalue weighted by molar-refractivity contribution is 5.78. The number of likely N-dealkylation sites (N-methyl/N-ethyl adjacent to an activating group) is 1. The predicted molar refractivity (Wildman–Crippen MR) is 73.8 cm³/mol. The first kappa shape index (κ1) is 15.4. The quantitative estimate of drug-likeness (QED) is 0.731. The van der Waals surface area contributed by atoms with Crippen molar-refractivity contribution in [1.82, 2.24) is 10.2 Å². The van der Waals surface area contributed by atoms with E-state index in [1.165, 1.54) is 19.4 Å². The lowest BCUT2D eigenvalue weighted by Gasteiger charge is -2.29. The standard InChI is InChI=1S/C14H28N2O2/c1-11(2)12-7-5-9-16(12)10-6-8-14(3,15-4)13(17)18/h11-12,15H,5-10H2,1-4H3,(H,17,18). The molecule has 0 bridgehead atoms. The van der Waals surface area contributed by atoms with E-state index in [9.17, 15) is 9.90 Å². The summed E-state index contributed by atoms with van der Waals surface area (Å²) in [4.78, 5) is 13.7. The van der Waals surface area contributed by atoms with E-state index in [1.54, 1.807) is 14.0 Å². The van der Waals surface area contributed by atoms with Crippen molar-refractivity contribution in [2.24, 2.45) is 5.92 Å². The number of carboxylic acids is 1. The number of carbonyl (C=O) groups is 1. The average molecular weight is 256 g/mol. The minimum Gasteiger partial charge on any atom is -0.480 e. The number of nitrogens with zero attached hydrogens (tertiary/aromatic N) is 1. The van der Waals surface area contributed by atoms with E-state index >= 15 is 0 Å². The number of hydrogen-bond donors (Lipinski definition) is 2. The maximum absolute atomic E-state index is 11.2. The van der Waals surface area contributed by atoms with E-state index in [0.717, 1.165) is 13.0 Å². The second kappa shape index (κ2) is 6.53. The Morgan fingerprint density at radius 1 is 1.56 bits per heavy atom. The first-order chi connectivity index (χ1) is 8.40. The van der Waals surface area contributed by atoms with Crippen LogP contribution in [-0.4, -0.2) is 47.7 Å². The molecule has 106 valence electrons. The highest BCUT2D eigenvalue weighted by Crippen LogP contribution is 2.24. The van der Waals surface area contributed by atoms with Gasteiger partial charge in [-0.05, 0) is 58.7 Å². The number of rotatable bonds is 7. The Bertz CT molecular complexity index is 281. The topological polar surface area (TPSA) is 52.6 Å². The lowest BCUT2D eigenvalue weighted by Crippen LogP contribution is -2.48. The molecule has 1 saturated heterocycles. The minimum atomic E-state index is -0.785. The predicted octanol–water partition coefficient (Wildman–Crippen LogP) is 1.95. The van der Waals surface area contributed by atoms with Gasteiger partial charge in [0.05, 0.1) is 0 Å². The van der Waals surface area contributed by atoms with Crippen LogP contribution >= 0.6 is 0 Å². The molecule has 1 fully saturated rings. The largest absolute Gasteiger partial charge is 0.480 e. The van der Waals surface area contributed by atoms with E-state index in [2.05, 4.69) is 24.1 Å². The molecule has 1 rings (SSSR count). The Morgan fingerprint density at radius 2 is 2.22 bits per heavy atom. The summed E-state index contributed by atoms with van der Waals surface area (Å²) in [6, 6.07) is 0.690. The van der Waals surface area contributed by atoms with Gasteiger partial charge in [0.25, 0.3) is 0 Å². The first-order valence-electron chi connectivity index (χ1n) is 7.07. The van der Waals surface area contributed by atoms with Crippen molar-refractivity contribution >= 4 is 5.97 Å². The van der Waals surface area contributed by atoms with Gasteiger partial charge in [-0.15, -0.1) is 0 Å². The van der Waals surface area contributed by atoms with Gasteiger partial charge in [0.15, 0.2) is 0 Å². The lowest BCUT2D eigenvalue weighted by atomic mass is 9.95. The fraction of sp³-hybridized carbons (Fsp3) is 0.929. The third-order valence-corrected chi connectivity index (χ3v) is 4.33. The van der Waals surface area contributed by atoms with Crippen LogP contribution in [-0.2, 0) is 4.79 Å². The second-order valence-corrected chi connectivity index (χ2v) is 5.98. The van der Waals surface area contributed by atoms with Gasteiger partial charge in [0.2, 0.25) is 0 Å². The molecule has 0 saturated carbocycles. The van der Waals surface area contributed by atoms with Gasteiger partial charge in [0, 0.05) is 6.04 Å². The van der Waals surface area contributed by atoms with Crippen LogP contribution < -0.4 is 5.32 Å². The van der Waals surface area contributed by atoms with Gasteiger partial charge in [0.1, 0.15) is 5.54 Å². The van der Waals surface area contributed by atoms with Gasteiger partial charge in [-0.2, -0.15) is 0 Å². The fourth-order valence-corrected chi connectivity index (χ4v) is 2.86. The van der Waals surface area contributed by atoms with Crippen LogP contribution in [0.4, 0.5) is 0 Å². The van der Waals surface area contributed by atoms with Crippen LogP contribution in [0.5, 0.6) is 0 Å². The average Bonchev–Trinajstić information content (AvgIpc) is 2.77. The zero-order valence-corrected chi connectivity index (χ0v) is 12.2. The Morgan fingerprint density at radius 3 is 2.72 bits per heavy atom. The van der Waals surface area contributed by atoms with Crippen molar-refractivity contribution in [3.63, 3.8) is 0 Å². The third kappa shape index (κ3) is 3.69. The normalized spacial score (nSPS) is 24.4. The molecule has 18 heavy (non-hydrogen) atoms. The highest BCUT2D eigenvalue weighted by Gasteiger charge is 2.32. The molecule has 4 nitrogen and oxygen atoms in total. The second-order valence-electron chi connectivity index (χ2n) is 5.98. The van der Waals surface area contributed by atoms with Crippen LogP contribution in [0.1, 0.15) is 46.5 Å². The van der Waals surface area contributed by atoms with E-state index in [-0.39, 0.29) is 0 Å². The van der Waals surface area contributed by atoms with Crippen molar-refractivity contribution in [1.29, 1.82) is 0 Å². The Kier molecular flexibility index (Phi) is 5.60. The summed E-state index contributed by atoms with van der Waals surface area (Å²) in [6.45, 7) is 8.51. The number of nitrogens with one attached hydrogen (secondary N) is 1. The molecule has 0 aliphatic carbocycles. The van der Waals surface area contributed by atoms with Crippen molar-refractivity contribution in [2.75, 3.05) is 20.1 Å². The highest BCUT2D eigenvalue weighted by atomic mass is 16.4. The van der Waals surface area contributed by atoms with Crippen molar-refractivity contribution < 1.29 is 9.90 Å². The zero-order valence-electron chi connectivity index (χ0n) is 12.2. The molecule has 0 aromatic carbocycles. The SMILES string of the molecule is CNC(C)(CCCN1CCCC1C(C)C)C(=O)O. The third-order valence-electron chi connectivity index (χ3n) is 4.33. The molecule has 2 N–H and O–H groups in total. The van der Waals surface area contributed by atoms with Crippen molar-refractivity contribution in [2.45, 2.75) is 58.0 Å². The van der Waals surface area contributed by atoms with Crippen molar-refractivity contribution in [3.8, 4) is 0 Å². The van der Waals surface area contributed by atoms with Gasteiger partial charge < -0.3 is 15.3 Å². The van der Waals surface area contributed by atoms with Gasteiger partial charge in [-0.3, -0.25) is 4.79 Å². The number of likely N-dealkylation sites (tertiary alicyclic amines) is 1. The number of carboxylic acid groups (broad SMARTS) is 1. The van der Waals surface area contributed by atoms with Crippen LogP contribution in [0.3, 0.4) is 0 Å². The van der Waals surface area contributed by atoms with E-state index in [0.29, 0.717) is 18.4 Å². The van der Waals surface area contributed by atoms with Crippen LogP contribution in [0.2, 0.25) is 0 Å². The van der Waals surface area contributed by atoms with E-state index in [4.69, 9.17) is 0 Å². The summed E-state index contributed by atoms with van der Waals surface area (Å²) in [5.74, 6) is -0.0607. The summed E-state index contributed by atoms with van der Waals surface area (Å²) in [6.07, 6.45) is 4.19. The molecule has 0 radical (unpaired) electrons. The summed E-state index contributed by atoms with van der Waals surface area (Å²) in [7, 11) is 1.72. The Hall–Kier alpha value is -0.610. The first-order valence-corrected chi connectivity index (χ1v) is 7.07. The fourth-order valence-electron chi connectivity index (χ4n) is 2.86. The lowest BCUT2D eigenvalue weighted by molar-refractivity contribution is -0.144. The van der Waals surface area contributed by atoms with Gasteiger partial charge >= 0.3 is 5.97 Å². The molecule has 0 amide bonds. The van der Waals surface area contributed by atoms with E-state index in [1.807, 2.05) is 0 Å². The number of hydrogen-bond acceptors (Lipinski definition) is 3. The molecule has 1 aliphatic heterocycles. The molecule has 1 aliphatic rings. The molecular weight excluding hydrogens is 228 g/mol. The smallest absolute Gasteiger partial charge is 0.323 e. The summed E-state index contributed by atoms with van der Waals surface area (Å²) in [5, 5.41) is 12.1. The Labute approximate surface area is 111 Å². The molecule has 1 heterocycles. The molecule has 0 aromatic rings. The maximum atomic E-state index is 11.2. The Balaban J connectivity index is 2.39. The summed E-state index contributed by atoms with van der Waals surface area (Å²) >= 11 is 0. The zero-order chi connectivity index (χ0) is 13.8. The summed E-state index contributed by atoms with van der Waals surface area (Å²) < 4.78 is 0. The monoisotopic (exact) mass is 256 g/mol. The van der Waals surface area contributed by atoms with Crippen LogP contribution in [0.15, 0.2) is 0 Å².